The first-order valence-electron chi connectivity index (χ1n) is 10.9. The molecule has 0 aliphatic carbocycles. The zero-order valence-corrected chi connectivity index (χ0v) is 18.6. The molecule has 0 unspecified atom stereocenters. The molecule has 0 aromatic heterocycles. The Hall–Kier alpha value is -1.63. The second kappa shape index (κ2) is 9.92. The van der Waals surface area contributed by atoms with Gasteiger partial charge in [0.2, 0.25) is 0 Å². The standard InChI is InChI=1S/C22H33ClN4O2/c1-16-7-6-8-17(2)27(16)22(29)18(3)26-13-11-25(12-14-26)15-21(28)24-20-10-5-4-9-19(20)23/h4-5,9-10,16-18H,6-8,11-15H2,1-3H3,(H,24,28)/p+2/t16-,17-,18+/m0/s1. The summed E-state index contributed by atoms with van der Waals surface area (Å²) in [7, 11) is 0. The summed E-state index contributed by atoms with van der Waals surface area (Å²) < 4.78 is 0. The van der Waals surface area contributed by atoms with Gasteiger partial charge in [-0.3, -0.25) is 9.59 Å². The number of quaternary nitrogens is 2. The number of piperidine rings is 1. The quantitative estimate of drug-likeness (QED) is 0.636. The predicted molar refractivity (Wildman–Crippen MR) is 115 cm³/mol. The molecule has 2 saturated heterocycles. The lowest BCUT2D eigenvalue weighted by Gasteiger charge is -2.42. The van der Waals surface area contributed by atoms with E-state index in [1.54, 1.807) is 6.07 Å². The van der Waals surface area contributed by atoms with Crippen molar-refractivity contribution < 1.29 is 19.4 Å². The predicted octanol–water partition coefficient (Wildman–Crippen LogP) is 0.240. The van der Waals surface area contributed by atoms with Crippen LogP contribution in [0, 0.1) is 0 Å². The summed E-state index contributed by atoms with van der Waals surface area (Å²) in [4.78, 5) is 30.2. The van der Waals surface area contributed by atoms with Gasteiger partial charge in [-0.15, -0.1) is 0 Å². The fourth-order valence-corrected chi connectivity index (χ4v) is 4.96. The minimum atomic E-state index is -0.0171. The minimum Gasteiger partial charge on any atom is -0.332 e. The Morgan fingerprint density at radius 1 is 1.14 bits per heavy atom. The van der Waals surface area contributed by atoms with E-state index in [0.717, 1.165) is 39.0 Å². The lowest BCUT2D eigenvalue weighted by atomic mass is 9.96. The van der Waals surface area contributed by atoms with E-state index >= 15 is 0 Å². The first-order valence-corrected chi connectivity index (χ1v) is 11.3. The molecular weight excluding hydrogens is 388 g/mol. The van der Waals surface area contributed by atoms with Gasteiger partial charge in [0.1, 0.15) is 26.2 Å². The molecule has 0 saturated carbocycles. The van der Waals surface area contributed by atoms with Crippen molar-refractivity contribution in [1.29, 1.82) is 0 Å². The van der Waals surface area contributed by atoms with Crippen LogP contribution in [0.25, 0.3) is 0 Å². The summed E-state index contributed by atoms with van der Waals surface area (Å²) in [6.45, 7) is 10.5. The number of carbonyl (C=O) groups excluding carboxylic acids is 2. The van der Waals surface area contributed by atoms with Gasteiger partial charge in [-0.1, -0.05) is 23.7 Å². The molecule has 0 bridgehead atoms. The van der Waals surface area contributed by atoms with Crippen LogP contribution in [-0.2, 0) is 9.59 Å². The monoisotopic (exact) mass is 422 g/mol. The smallest absolute Gasteiger partial charge is 0.281 e. The zero-order valence-electron chi connectivity index (χ0n) is 17.8. The van der Waals surface area contributed by atoms with Crippen LogP contribution in [0.3, 0.4) is 0 Å². The number of halogens is 1. The number of nitrogens with zero attached hydrogens (tertiary/aromatic N) is 1. The molecule has 6 nitrogen and oxygen atoms in total. The second-order valence-corrected chi connectivity index (χ2v) is 9.12. The molecule has 160 valence electrons. The minimum absolute atomic E-state index is 0.0170. The van der Waals surface area contributed by atoms with E-state index in [4.69, 9.17) is 11.6 Å². The number of para-hydroxylation sites is 1. The molecule has 2 heterocycles. The highest BCUT2D eigenvalue weighted by Crippen LogP contribution is 2.23. The fourth-order valence-electron chi connectivity index (χ4n) is 4.77. The first-order chi connectivity index (χ1) is 13.9. The molecule has 2 amide bonds. The van der Waals surface area contributed by atoms with Gasteiger partial charge in [-0.25, -0.2) is 0 Å². The third kappa shape index (κ3) is 5.50. The summed E-state index contributed by atoms with van der Waals surface area (Å²) in [6, 6.07) is 7.96. The molecule has 0 radical (unpaired) electrons. The third-order valence-corrected chi connectivity index (χ3v) is 6.92. The molecule has 1 aromatic carbocycles. The van der Waals surface area contributed by atoms with Crippen LogP contribution >= 0.6 is 11.6 Å². The van der Waals surface area contributed by atoms with Crippen LogP contribution in [0.15, 0.2) is 24.3 Å². The molecule has 0 spiro atoms. The van der Waals surface area contributed by atoms with Gasteiger partial charge in [0.15, 0.2) is 12.6 Å². The second-order valence-electron chi connectivity index (χ2n) is 8.71. The molecule has 2 aliphatic rings. The first kappa shape index (κ1) is 22.1. The maximum atomic E-state index is 13.1. The lowest BCUT2D eigenvalue weighted by molar-refractivity contribution is -1.02. The number of hydrogen-bond acceptors (Lipinski definition) is 2. The van der Waals surface area contributed by atoms with E-state index in [2.05, 4.69) is 31.0 Å². The van der Waals surface area contributed by atoms with Gasteiger partial charge < -0.3 is 20.0 Å². The Morgan fingerprint density at radius 2 is 1.76 bits per heavy atom. The number of amides is 2. The van der Waals surface area contributed by atoms with Crippen molar-refractivity contribution in [2.24, 2.45) is 0 Å². The molecular formula is C22H35ClN4O2+2. The normalized spacial score (nSPS) is 28.6. The summed E-state index contributed by atoms with van der Waals surface area (Å²) >= 11 is 6.12. The summed E-state index contributed by atoms with van der Waals surface area (Å²) in [5.74, 6) is 0.274. The van der Waals surface area contributed by atoms with Crippen LogP contribution in [0.1, 0.15) is 40.0 Å². The van der Waals surface area contributed by atoms with Crippen molar-refractivity contribution in [3.8, 4) is 0 Å². The van der Waals surface area contributed by atoms with Crippen molar-refractivity contribution in [2.45, 2.75) is 58.2 Å². The van der Waals surface area contributed by atoms with Crippen molar-refractivity contribution in [2.75, 3.05) is 38.0 Å². The number of anilines is 1. The van der Waals surface area contributed by atoms with Crippen LogP contribution in [0.4, 0.5) is 5.69 Å². The molecule has 29 heavy (non-hydrogen) atoms. The van der Waals surface area contributed by atoms with Crippen LogP contribution in [0.5, 0.6) is 0 Å². The fraction of sp³-hybridized carbons (Fsp3) is 0.636. The van der Waals surface area contributed by atoms with E-state index < -0.39 is 0 Å². The van der Waals surface area contributed by atoms with E-state index in [1.165, 1.54) is 16.2 Å². The summed E-state index contributed by atoms with van der Waals surface area (Å²) in [5, 5.41) is 3.46. The van der Waals surface area contributed by atoms with E-state index in [-0.39, 0.29) is 11.9 Å². The Morgan fingerprint density at radius 3 is 2.38 bits per heavy atom. The number of nitrogens with one attached hydrogen (secondary N) is 3. The van der Waals surface area contributed by atoms with Crippen molar-refractivity contribution >= 4 is 29.1 Å². The Kier molecular flexibility index (Phi) is 7.55. The van der Waals surface area contributed by atoms with Crippen LogP contribution < -0.4 is 15.1 Å². The molecule has 2 fully saturated rings. The van der Waals surface area contributed by atoms with Gasteiger partial charge in [0.25, 0.3) is 11.8 Å². The molecule has 7 heteroatoms. The topological polar surface area (TPSA) is 58.3 Å². The third-order valence-electron chi connectivity index (χ3n) is 6.59. The Labute approximate surface area is 179 Å². The molecule has 1 aromatic rings. The average molecular weight is 423 g/mol. The SMILES string of the molecule is C[C@H](C(=O)N1[C@@H](C)CCC[C@@H]1C)[NH+]1CC[NH+](CC(=O)Nc2ccccc2Cl)CC1. The number of benzene rings is 1. The maximum absolute atomic E-state index is 13.1. The Balaban J connectivity index is 1.47. The van der Waals surface area contributed by atoms with Gasteiger partial charge in [-0.05, 0) is 52.2 Å². The zero-order chi connectivity index (χ0) is 21.0. The molecule has 3 N–H and O–H groups in total. The van der Waals surface area contributed by atoms with E-state index in [1.807, 2.05) is 18.2 Å². The number of hydrogen-bond donors (Lipinski definition) is 3. The largest absolute Gasteiger partial charge is 0.332 e. The number of carbonyl (C=O) groups is 2. The molecule has 2 aliphatic heterocycles. The average Bonchev–Trinajstić information content (AvgIpc) is 2.69. The van der Waals surface area contributed by atoms with E-state index in [9.17, 15) is 9.59 Å². The maximum Gasteiger partial charge on any atom is 0.281 e. The van der Waals surface area contributed by atoms with Crippen molar-refractivity contribution in [3.05, 3.63) is 29.3 Å². The summed E-state index contributed by atoms with van der Waals surface area (Å²) in [5.41, 5.74) is 0.659. The van der Waals surface area contributed by atoms with Gasteiger partial charge in [0, 0.05) is 12.1 Å². The van der Waals surface area contributed by atoms with Crippen LogP contribution in [-0.4, -0.2) is 67.6 Å². The van der Waals surface area contributed by atoms with Gasteiger partial charge >= 0.3 is 0 Å². The van der Waals surface area contributed by atoms with Gasteiger partial charge in [0.05, 0.1) is 10.7 Å². The molecule has 3 atom stereocenters. The highest BCUT2D eigenvalue weighted by atomic mass is 35.5. The number of likely N-dealkylation sites (tertiary alicyclic amines) is 1. The Bertz CT molecular complexity index is 711. The van der Waals surface area contributed by atoms with Crippen LogP contribution in [0.2, 0.25) is 5.02 Å². The number of rotatable bonds is 5. The van der Waals surface area contributed by atoms with Gasteiger partial charge in [-0.2, -0.15) is 0 Å². The van der Waals surface area contributed by atoms with Crippen molar-refractivity contribution in [3.63, 3.8) is 0 Å². The lowest BCUT2D eigenvalue weighted by Crippen LogP contribution is -3.30. The molecule has 3 rings (SSSR count). The highest BCUT2D eigenvalue weighted by Gasteiger charge is 2.38. The summed E-state index contributed by atoms with van der Waals surface area (Å²) in [6.07, 6.45) is 3.43. The number of piperazine rings is 1. The van der Waals surface area contributed by atoms with E-state index in [0.29, 0.717) is 35.2 Å². The van der Waals surface area contributed by atoms with Crippen molar-refractivity contribution in [1.82, 2.24) is 4.90 Å². The highest BCUT2D eigenvalue weighted by molar-refractivity contribution is 6.33.